The Morgan fingerprint density at radius 2 is 1.35 bits per heavy atom. The van der Waals surface area contributed by atoms with Crippen LogP contribution in [0.2, 0.25) is 0 Å². The summed E-state index contributed by atoms with van der Waals surface area (Å²) >= 11 is 0. The lowest BCUT2D eigenvalue weighted by molar-refractivity contribution is -0.144. The summed E-state index contributed by atoms with van der Waals surface area (Å²) in [7, 11) is 1.37. The maximum atomic E-state index is 12.1. The number of esters is 2. The zero-order chi connectivity index (χ0) is 23.3. The fraction of sp³-hybridized carbons (Fsp3) is 0.920. The summed E-state index contributed by atoms with van der Waals surface area (Å²) in [5.41, 5.74) is 0. The highest BCUT2D eigenvalue weighted by Crippen LogP contribution is 2.14. The Morgan fingerprint density at radius 3 is 1.84 bits per heavy atom. The summed E-state index contributed by atoms with van der Waals surface area (Å²) in [6, 6.07) is -0.0700. The number of hydrogen-bond acceptors (Lipinski definition) is 6. The van der Waals surface area contributed by atoms with Crippen LogP contribution in [0.1, 0.15) is 104 Å². The van der Waals surface area contributed by atoms with Gasteiger partial charge in [0.2, 0.25) is 0 Å². The highest BCUT2D eigenvalue weighted by atomic mass is 16.5. The summed E-state index contributed by atoms with van der Waals surface area (Å²) in [6.45, 7) is 7.87. The van der Waals surface area contributed by atoms with Gasteiger partial charge in [-0.15, -0.1) is 0 Å². The van der Waals surface area contributed by atoms with Gasteiger partial charge in [0.05, 0.1) is 33.2 Å². The minimum atomic E-state index is -0.283. The summed E-state index contributed by atoms with van der Waals surface area (Å²) in [4.78, 5) is 25.7. The highest BCUT2D eigenvalue weighted by molar-refractivity contribution is 5.70. The van der Waals surface area contributed by atoms with Crippen LogP contribution in [0.3, 0.4) is 0 Å². The average molecular weight is 444 g/mol. The zero-order valence-corrected chi connectivity index (χ0v) is 20.7. The molecule has 31 heavy (non-hydrogen) atoms. The number of rotatable bonds is 21. The average Bonchev–Trinajstić information content (AvgIpc) is 2.75. The predicted molar refractivity (Wildman–Crippen MR) is 126 cm³/mol. The number of unbranched alkanes of at least 4 members (excludes halogenated alkanes) is 9. The molecular formula is C25H49NO5. The van der Waals surface area contributed by atoms with Crippen molar-refractivity contribution in [1.82, 2.24) is 4.90 Å². The van der Waals surface area contributed by atoms with Crippen molar-refractivity contribution in [3.05, 3.63) is 0 Å². The number of ether oxygens (including phenoxy) is 2. The molecule has 0 saturated carbocycles. The van der Waals surface area contributed by atoms with Gasteiger partial charge in [-0.3, -0.25) is 14.5 Å². The molecule has 0 heterocycles. The molecule has 0 amide bonds. The Balaban J connectivity index is 4.03. The van der Waals surface area contributed by atoms with E-state index >= 15 is 0 Å². The second-order valence-electron chi connectivity index (χ2n) is 8.98. The van der Waals surface area contributed by atoms with E-state index in [9.17, 15) is 14.7 Å². The molecule has 0 spiro atoms. The smallest absolute Gasteiger partial charge is 0.307 e. The highest BCUT2D eigenvalue weighted by Gasteiger charge is 2.21. The number of carbonyl (C=O) groups excluding carboxylic acids is 2. The first kappa shape index (κ1) is 29.9. The summed E-state index contributed by atoms with van der Waals surface area (Å²) < 4.78 is 10.1. The molecule has 6 heteroatoms. The van der Waals surface area contributed by atoms with Crippen LogP contribution in [0.15, 0.2) is 0 Å². The topological polar surface area (TPSA) is 76.1 Å². The molecule has 0 aliphatic heterocycles. The standard InChI is InChI=1S/C25H49NO5/c1-5-6-7-8-9-10-11-12-13-14-19-31-25(29)16-18-26(17-15-24(28)30-4)23(21-27)20-22(2)3/h22-23,27H,5-21H2,1-4H3/t23-/m1/s1. The number of aliphatic hydroxyl groups is 1. The van der Waals surface area contributed by atoms with E-state index in [-0.39, 0.29) is 37.4 Å². The Kier molecular flexibility index (Phi) is 20.0. The minimum Gasteiger partial charge on any atom is -0.469 e. The molecule has 0 fully saturated rings. The third-order valence-electron chi connectivity index (χ3n) is 5.67. The molecule has 0 radical (unpaired) electrons. The lowest BCUT2D eigenvalue weighted by atomic mass is 10.0. The van der Waals surface area contributed by atoms with Crippen molar-refractivity contribution in [1.29, 1.82) is 0 Å². The zero-order valence-electron chi connectivity index (χ0n) is 20.7. The maximum Gasteiger partial charge on any atom is 0.307 e. The molecule has 0 bridgehead atoms. The van der Waals surface area contributed by atoms with Crippen LogP contribution < -0.4 is 0 Å². The second kappa shape index (κ2) is 20.7. The molecule has 0 aromatic carbocycles. The number of carbonyl (C=O) groups is 2. The molecular weight excluding hydrogens is 394 g/mol. The third-order valence-corrected chi connectivity index (χ3v) is 5.67. The van der Waals surface area contributed by atoms with Crippen molar-refractivity contribution in [3.8, 4) is 0 Å². The molecule has 0 unspecified atom stereocenters. The van der Waals surface area contributed by atoms with Crippen molar-refractivity contribution in [2.24, 2.45) is 5.92 Å². The Morgan fingerprint density at radius 1 is 0.839 bits per heavy atom. The number of nitrogens with zero attached hydrogens (tertiary/aromatic N) is 1. The van der Waals surface area contributed by atoms with Crippen LogP contribution in [0.25, 0.3) is 0 Å². The van der Waals surface area contributed by atoms with Crippen molar-refractivity contribution < 1.29 is 24.2 Å². The summed E-state index contributed by atoms with van der Waals surface area (Å²) in [5, 5.41) is 9.77. The van der Waals surface area contributed by atoms with Gasteiger partial charge in [-0.1, -0.05) is 78.6 Å². The summed E-state index contributed by atoms with van der Waals surface area (Å²) in [5.74, 6) is -0.0731. The van der Waals surface area contributed by atoms with Gasteiger partial charge in [0, 0.05) is 19.1 Å². The van der Waals surface area contributed by atoms with Crippen LogP contribution >= 0.6 is 0 Å². The Bertz CT molecular complexity index is 442. The van der Waals surface area contributed by atoms with Gasteiger partial charge in [-0.2, -0.15) is 0 Å². The molecule has 0 aromatic heterocycles. The van der Waals surface area contributed by atoms with Gasteiger partial charge < -0.3 is 14.6 Å². The predicted octanol–water partition coefficient (Wildman–Crippen LogP) is 5.11. The van der Waals surface area contributed by atoms with E-state index in [4.69, 9.17) is 9.47 Å². The first-order valence-electron chi connectivity index (χ1n) is 12.5. The van der Waals surface area contributed by atoms with Crippen LogP contribution in [0, 0.1) is 5.92 Å². The van der Waals surface area contributed by atoms with Gasteiger partial charge in [-0.05, 0) is 18.8 Å². The summed E-state index contributed by atoms with van der Waals surface area (Å²) in [6.07, 6.45) is 13.9. The van der Waals surface area contributed by atoms with Crippen LogP contribution in [-0.4, -0.2) is 61.4 Å². The minimum absolute atomic E-state index is 0.00695. The largest absolute Gasteiger partial charge is 0.469 e. The fourth-order valence-corrected chi connectivity index (χ4v) is 3.78. The van der Waals surface area contributed by atoms with E-state index in [0.29, 0.717) is 25.6 Å². The maximum absolute atomic E-state index is 12.1. The van der Waals surface area contributed by atoms with Gasteiger partial charge in [0.1, 0.15) is 0 Å². The molecule has 0 aliphatic rings. The van der Waals surface area contributed by atoms with Crippen LogP contribution in [0.5, 0.6) is 0 Å². The van der Waals surface area contributed by atoms with Gasteiger partial charge in [-0.25, -0.2) is 0 Å². The molecule has 0 saturated heterocycles. The monoisotopic (exact) mass is 443 g/mol. The fourth-order valence-electron chi connectivity index (χ4n) is 3.78. The number of methoxy groups -OCH3 is 1. The van der Waals surface area contributed by atoms with E-state index in [0.717, 1.165) is 19.3 Å². The number of aliphatic hydroxyl groups excluding tert-OH is 1. The number of hydrogen-bond donors (Lipinski definition) is 1. The molecule has 1 atom stereocenters. The molecule has 184 valence electrons. The van der Waals surface area contributed by atoms with Crippen molar-refractivity contribution >= 4 is 11.9 Å². The quantitative estimate of drug-likeness (QED) is 0.196. The Labute approximate surface area is 191 Å². The molecule has 1 N–H and O–H groups in total. The van der Waals surface area contributed by atoms with Gasteiger partial charge >= 0.3 is 11.9 Å². The van der Waals surface area contributed by atoms with E-state index in [2.05, 4.69) is 20.8 Å². The third kappa shape index (κ3) is 18.2. The first-order chi connectivity index (χ1) is 14.9. The molecule has 0 rings (SSSR count). The van der Waals surface area contributed by atoms with Crippen LogP contribution in [0.4, 0.5) is 0 Å². The van der Waals surface area contributed by atoms with Gasteiger partial charge in [0.25, 0.3) is 0 Å². The normalized spacial score (nSPS) is 12.4. The molecule has 0 aliphatic carbocycles. The van der Waals surface area contributed by atoms with Crippen molar-refractivity contribution in [2.45, 2.75) is 110 Å². The lowest BCUT2D eigenvalue weighted by Gasteiger charge is -2.31. The molecule has 6 nitrogen and oxygen atoms in total. The van der Waals surface area contributed by atoms with E-state index in [1.165, 1.54) is 58.5 Å². The van der Waals surface area contributed by atoms with Gasteiger partial charge in [0.15, 0.2) is 0 Å². The molecule has 0 aromatic rings. The van der Waals surface area contributed by atoms with Crippen molar-refractivity contribution in [3.63, 3.8) is 0 Å². The van der Waals surface area contributed by atoms with Crippen LogP contribution in [-0.2, 0) is 19.1 Å². The second-order valence-corrected chi connectivity index (χ2v) is 8.98. The van der Waals surface area contributed by atoms with E-state index in [1.54, 1.807) is 0 Å². The lowest BCUT2D eigenvalue weighted by Crippen LogP contribution is -2.41. The SMILES string of the molecule is CCCCCCCCCCCCOC(=O)CCN(CCC(=O)OC)[C@@H](CO)CC(C)C. The first-order valence-corrected chi connectivity index (χ1v) is 12.5. The van der Waals surface area contributed by atoms with E-state index < -0.39 is 0 Å². The van der Waals surface area contributed by atoms with E-state index in [1.807, 2.05) is 4.90 Å². The Hall–Kier alpha value is -1.14. The van der Waals surface area contributed by atoms with Crippen molar-refractivity contribution in [2.75, 3.05) is 33.4 Å².